The number of nitrogens with one attached hydrogen (secondary N) is 1. The third-order valence-corrected chi connectivity index (χ3v) is 4.70. The molecule has 1 aromatic carbocycles. The second-order valence-electron chi connectivity index (χ2n) is 7.01. The number of fused-ring (bicyclic) bond motifs is 1. The smallest absolute Gasteiger partial charge is 0.251 e. The van der Waals surface area contributed by atoms with Gasteiger partial charge in [0.15, 0.2) is 0 Å². The molecule has 1 aliphatic rings. The Balaban J connectivity index is 1.81. The van der Waals surface area contributed by atoms with Crippen LogP contribution in [0.15, 0.2) is 36.7 Å². The zero-order valence-electron chi connectivity index (χ0n) is 14.7. The molecule has 0 radical (unpaired) electrons. The SMILES string of the molecule is CCc1cnccc1C(C)NC(=O)c1ccc2c(c1)C(C)(C)CO2. The van der Waals surface area contributed by atoms with Crippen molar-refractivity contribution < 1.29 is 9.53 Å². The molecule has 2 aromatic rings. The number of carbonyl (C=O) groups excluding carboxylic acids is 1. The van der Waals surface area contributed by atoms with Crippen LogP contribution in [0.3, 0.4) is 0 Å². The minimum Gasteiger partial charge on any atom is -0.492 e. The van der Waals surface area contributed by atoms with Crippen LogP contribution in [0.2, 0.25) is 0 Å². The predicted octanol–water partition coefficient (Wildman–Crippen LogP) is 3.81. The van der Waals surface area contributed by atoms with Gasteiger partial charge < -0.3 is 10.1 Å². The van der Waals surface area contributed by atoms with Gasteiger partial charge in [0.1, 0.15) is 5.75 Å². The lowest BCUT2D eigenvalue weighted by molar-refractivity contribution is 0.0939. The highest BCUT2D eigenvalue weighted by Crippen LogP contribution is 2.38. The Bertz CT molecular complexity index is 768. The predicted molar refractivity (Wildman–Crippen MR) is 94.5 cm³/mol. The number of hydrogen-bond donors (Lipinski definition) is 1. The van der Waals surface area contributed by atoms with E-state index < -0.39 is 0 Å². The van der Waals surface area contributed by atoms with Crippen molar-refractivity contribution >= 4 is 5.91 Å². The van der Waals surface area contributed by atoms with Crippen LogP contribution in [0.25, 0.3) is 0 Å². The number of nitrogens with zero attached hydrogens (tertiary/aromatic N) is 1. The van der Waals surface area contributed by atoms with E-state index in [1.807, 2.05) is 37.4 Å². The normalized spacial score (nSPS) is 16.2. The first-order valence-electron chi connectivity index (χ1n) is 8.43. The van der Waals surface area contributed by atoms with Crippen molar-refractivity contribution in [1.82, 2.24) is 10.3 Å². The lowest BCUT2D eigenvalue weighted by Gasteiger charge is -2.18. The summed E-state index contributed by atoms with van der Waals surface area (Å²) in [4.78, 5) is 16.8. The standard InChI is InChI=1S/C20H24N2O2/c1-5-14-11-21-9-8-16(14)13(2)22-19(23)15-6-7-18-17(10-15)20(3,4)12-24-18/h6-11,13H,5,12H2,1-4H3,(H,22,23). The third kappa shape index (κ3) is 3.01. The third-order valence-electron chi connectivity index (χ3n) is 4.70. The van der Waals surface area contributed by atoms with E-state index in [0.717, 1.165) is 28.9 Å². The topological polar surface area (TPSA) is 51.2 Å². The molecular weight excluding hydrogens is 300 g/mol. The molecule has 1 unspecified atom stereocenters. The van der Waals surface area contributed by atoms with Gasteiger partial charge in [0.2, 0.25) is 0 Å². The zero-order valence-corrected chi connectivity index (χ0v) is 14.7. The van der Waals surface area contributed by atoms with E-state index in [1.165, 1.54) is 0 Å². The van der Waals surface area contributed by atoms with Crippen LogP contribution in [-0.2, 0) is 11.8 Å². The molecule has 3 rings (SSSR count). The average Bonchev–Trinajstić information content (AvgIpc) is 2.89. The number of aromatic nitrogens is 1. The second kappa shape index (κ2) is 6.27. The number of amides is 1. The summed E-state index contributed by atoms with van der Waals surface area (Å²) in [6.07, 6.45) is 4.54. The quantitative estimate of drug-likeness (QED) is 0.930. The van der Waals surface area contributed by atoms with Gasteiger partial charge in [-0.25, -0.2) is 0 Å². The van der Waals surface area contributed by atoms with Crippen LogP contribution < -0.4 is 10.1 Å². The van der Waals surface area contributed by atoms with Crippen LogP contribution >= 0.6 is 0 Å². The summed E-state index contributed by atoms with van der Waals surface area (Å²) in [6.45, 7) is 9.02. The fourth-order valence-electron chi connectivity index (χ4n) is 3.18. The molecule has 0 aliphatic carbocycles. The van der Waals surface area contributed by atoms with Gasteiger partial charge in [0, 0.05) is 28.9 Å². The van der Waals surface area contributed by atoms with Crippen molar-refractivity contribution in [2.24, 2.45) is 0 Å². The van der Waals surface area contributed by atoms with Gasteiger partial charge in [0.05, 0.1) is 12.6 Å². The highest BCUT2D eigenvalue weighted by Gasteiger charge is 2.32. The number of carbonyl (C=O) groups is 1. The summed E-state index contributed by atoms with van der Waals surface area (Å²) >= 11 is 0. The number of hydrogen-bond acceptors (Lipinski definition) is 3. The maximum Gasteiger partial charge on any atom is 0.251 e. The Morgan fingerprint density at radius 3 is 2.92 bits per heavy atom. The molecule has 0 saturated carbocycles. The van der Waals surface area contributed by atoms with Crippen LogP contribution in [-0.4, -0.2) is 17.5 Å². The largest absolute Gasteiger partial charge is 0.492 e. The molecular formula is C20H24N2O2. The van der Waals surface area contributed by atoms with E-state index in [-0.39, 0.29) is 17.4 Å². The molecule has 4 heteroatoms. The van der Waals surface area contributed by atoms with E-state index in [1.54, 1.807) is 6.20 Å². The summed E-state index contributed by atoms with van der Waals surface area (Å²) in [5.74, 6) is 0.818. The molecule has 0 spiro atoms. The van der Waals surface area contributed by atoms with Crippen molar-refractivity contribution in [3.05, 3.63) is 58.9 Å². The Morgan fingerprint density at radius 2 is 2.17 bits per heavy atom. The molecule has 0 bridgehead atoms. The minimum absolute atomic E-state index is 0.0578. The highest BCUT2D eigenvalue weighted by atomic mass is 16.5. The van der Waals surface area contributed by atoms with Gasteiger partial charge in [-0.1, -0.05) is 20.8 Å². The Kier molecular flexibility index (Phi) is 4.31. The molecule has 1 N–H and O–H groups in total. The first-order chi connectivity index (χ1) is 11.4. The summed E-state index contributed by atoms with van der Waals surface area (Å²) < 4.78 is 5.69. The first-order valence-corrected chi connectivity index (χ1v) is 8.43. The fourth-order valence-corrected chi connectivity index (χ4v) is 3.18. The molecule has 0 saturated heterocycles. The van der Waals surface area contributed by atoms with E-state index in [9.17, 15) is 4.79 Å². The maximum atomic E-state index is 12.7. The summed E-state index contributed by atoms with van der Waals surface area (Å²) in [5.41, 5.74) is 3.99. The van der Waals surface area contributed by atoms with Crippen LogP contribution in [0.5, 0.6) is 5.75 Å². The minimum atomic E-state index is -0.0631. The molecule has 0 fully saturated rings. The van der Waals surface area contributed by atoms with Gasteiger partial charge >= 0.3 is 0 Å². The molecule has 24 heavy (non-hydrogen) atoms. The van der Waals surface area contributed by atoms with Crippen LogP contribution in [0.4, 0.5) is 0 Å². The monoisotopic (exact) mass is 324 g/mol. The van der Waals surface area contributed by atoms with E-state index in [4.69, 9.17) is 4.74 Å². The highest BCUT2D eigenvalue weighted by molar-refractivity contribution is 5.95. The molecule has 2 heterocycles. The van der Waals surface area contributed by atoms with E-state index >= 15 is 0 Å². The van der Waals surface area contributed by atoms with Crippen molar-refractivity contribution in [1.29, 1.82) is 0 Å². The Morgan fingerprint density at radius 1 is 1.38 bits per heavy atom. The van der Waals surface area contributed by atoms with Gasteiger partial charge in [0.25, 0.3) is 5.91 Å². The molecule has 1 amide bonds. The van der Waals surface area contributed by atoms with Crippen molar-refractivity contribution in [3.63, 3.8) is 0 Å². The molecule has 1 aliphatic heterocycles. The lowest BCUT2D eigenvalue weighted by Crippen LogP contribution is -2.27. The van der Waals surface area contributed by atoms with Gasteiger partial charge in [-0.3, -0.25) is 9.78 Å². The molecule has 1 aromatic heterocycles. The number of ether oxygens (including phenoxy) is 1. The zero-order chi connectivity index (χ0) is 17.3. The van der Waals surface area contributed by atoms with Crippen molar-refractivity contribution in [2.75, 3.05) is 6.61 Å². The summed E-state index contributed by atoms with van der Waals surface area (Å²) in [6, 6.07) is 7.59. The van der Waals surface area contributed by atoms with Crippen molar-refractivity contribution in [2.45, 2.75) is 45.6 Å². The molecule has 126 valence electrons. The van der Waals surface area contributed by atoms with E-state index in [2.05, 4.69) is 31.1 Å². The first kappa shape index (κ1) is 16.5. The molecule has 1 atom stereocenters. The van der Waals surface area contributed by atoms with Crippen LogP contribution in [0.1, 0.15) is 60.8 Å². The van der Waals surface area contributed by atoms with Gasteiger partial charge in [-0.2, -0.15) is 0 Å². The number of pyridine rings is 1. The number of benzene rings is 1. The second-order valence-corrected chi connectivity index (χ2v) is 7.01. The molecule has 4 nitrogen and oxygen atoms in total. The summed E-state index contributed by atoms with van der Waals surface area (Å²) in [7, 11) is 0. The van der Waals surface area contributed by atoms with Gasteiger partial charge in [-0.15, -0.1) is 0 Å². The maximum absolute atomic E-state index is 12.7. The Hall–Kier alpha value is -2.36. The average molecular weight is 324 g/mol. The number of rotatable bonds is 4. The Labute approximate surface area is 143 Å². The van der Waals surface area contributed by atoms with Crippen LogP contribution in [0, 0.1) is 0 Å². The van der Waals surface area contributed by atoms with Gasteiger partial charge in [-0.05, 0) is 48.7 Å². The summed E-state index contributed by atoms with van der Waals surface area (Å²) in [5, 5.41) is 3.10. The van der Waals surface area contributed by atoms with E-state index in [0.29, 0.717) is 12.2 Å². The van der Waals surface area contributed by atoms with Crippen molar-refractivity contribution in [3.8, 4) is 5.75 Å². The lowest BCUT2D eigenvalue weighted by atomic mass is 9.86. The fraction of sp³-hybridized carbons (Fsp3) is 0.400. The number of aryl methyl sites for hydroxylation is 1.